The van der Waals surface area contributed by atoms with E-state index in [9.17, 15) is 13.2 Å². The molecule has 0 saturated carbocycles. The molecule has 2 aliphatic rings. The predicted octanol–water partition coefficient (Wildman–Crippen LogP) is 3.41. The second-order valence-corrected chi connectivity index (χ2v) is 11.0. The lowest BCUT2D eigenvalue weighted by atomic mass is 10.0. The smallest absolute Gasteiger partial charge is 0.265 e. The lowest BCUT2D eigenvalue weighted by molar-refractivity contribution is 0.0521. The van der Waals surface area contributed by atoms with Crippen LogP contribution in [0.5, 0.6) is 11.5 Å². The molecule has 1 atom stereocenters. The Hall–Kier alpha value is -2.88. The number of carbonyl (C=O) groups excluding carboxylic acids is 1. The van der Waals surface area contributed by atoms with E-state index in [0.29, 0.717) is 37.6 Å². The summed E-state index contributed by atoms with van der Waals surface area (Å²) in [5.74, 6) is 0.972. The van der Waals surface area contributed by atoms with Crippen molar-refractivity contribution in [1.29, 1.82) is 0 Å². The summed E-state index contributed by atoms with van der Waals surface area (Å²) in [6.45, 7) is 1.30. The SMILES string of the molecule is CN(CC1COc2ccccc2O1)C(=O)c1sccc1S(=O)(=O)N1CCc2ccccc2C1. The van der Waals surface area contributed by atoms with Crippen molar-refractivity contribution in [3.63, 3.8) is 0 Å². The van der Waals surface area contributed by atoms with Crippen LogP contribution in [0.15, 0.2) is 64.9 Å². The third-order valence-corrected chi connectivity index (χ3v) is 8.85. The summed E-state index contributed by atoms with van der Waals surface area (Å²) >= 11 is 1.14. The summed E-state index contributed by atoms with van der Waals surface area (Å²) in [6, 6.07) is 16.8. The number of ether oxygens (including phenoxy) is 2. The number of carbonyl (C=O) groups is 1. The minimum absolute atomic E-state index is 0.0647. The van der Waals surface area contributed by atoms with Crippen LogP contribution in [0.2, 0.25) is 0 Å². The number of nitrogens with zero attached hydrogens (tertiary/aromatic N) is 2. The molecule has 0 fully saturated rings. The molecule has 5 rings (SSSR count). The number of hydrogen-bond acceptors (Lipinski definition) is 6. The zero-order valence-corrected chi connectivity index (χ0v) is 19.8. The minimum atomic E-state index is -3.80. The maximum absolute atomic E-state index is 13.5. The van der Waals surface area contributed by atoms with Crippen LogP contribution in [0.25, 0.3) is 0 Å². The highest BCUT2D eigenvalue weighted by Gasteiger charge is 2.34. The molecule has 2 aromatic carbocycles. The number of sulfonamides is 1. The van der Waals surface area contributed by atoms with Crippen molar-refractivity contribution in [3.8, 4) is 11.5 Å². The maximum Gasteiger partial charge on any atom is 0.265 e. The van der Waals surface area contributed by atoms with Crippen LogP contribution in [-0.2, 0) is 23.0 Å². The molecule has 2 aliphatic heterocycles. The number of hydrogen-bond donors (Lipinski definition) is 0. The Morgan fingerprint density at radius 2 is 1.82 bits per heavy atom. The summed E-state index contributed by atoms with van der Waals surface area (Å²) in [7, 11) is -2.15. The molecule has 7 nitrogen and oxygen atoms in total. The van der Waals surface area contributed by atoms with Crippen LogP contribution in [0.1, 0.15) is 20.8 Å². The number of benzene rings is 2. The largest absolute Gasteiger partial charge is 0.486 e. The van der Waals surface area contributed by atoms with Gasteiger partial charge in [0.15, 0.2) is 17.6 Å². The summed E-state index contributed by atoms with van der Waals surface area (Å²) in [5, 5.41) is 1.66. The van der Waals surface area contributed by atoms with Gasteiger partial charge in [-0.2, -0.15) is 4.31 Å². The Morgan fingerprint density at radius 1 is 1.09 bits per heavy atom. The van der Waals surface area contributed by atoms with Crippen LogP contribution in [0.3, 0.4) is 0 Å². The summed E-state index contributed by atoms with van der Waals surface area (Å²) in [6.07, 6.45) is 0.316. The van der Waals surface area contributed by atoms with Crippen molar-refractivity contribution in [2.75, 3.05) is 26.7 Å². The van der Waals surface area contributed by atoms with Crippen LogP contribution in [-0.4, -0.2) is 56.4 Å². The fourth-order valence-electron chi connectivity index (χ4n) is 4.19. The van der Waals surface area contributed by atoms with Gasteiger partial charge in [-0.05, 0) is 41.1 Å². The number of fused-ring (bicyclic) bond motifs is 2. The third kappa shape index (κ3) is 4.23. The highest BCUT2D eigenvalue weighted by Crippen LogP contribution is 2.32. The molecular weight excluding hydrogens is 460 g/mol. The standard InChI is InChI=1S/C24H24N2O5S2/c1-25(15-19-16-30-20-8-4-5-9-21(20)31-19)24(27)23-22(11-13-32-23)33(28,29)26-12-10-17-6-2-3-7-18(17)14-26/h2-9,11,13,19H,10,12,14-16H2,1H3. The van der Waals surface area contributed by atoms with Gasteiger partial charge >= 0.3 is 0 Å². The average molecular weight is 485 g/mol. The minimum Gasteiger partial charge on any atom is -0.486 e. The summed E-state index contributed by atoms with van der Waals surface area (Å²) in [5.41, 5.74) is 2.17. The van der Waals surface area contributed by atoms with Gasteiger partial charge in [-0.3, -0.25) is 4.79 Å². The van der Waals surface area contributed by atoms with Gasteiger partial charge in [0.25, 0.3) is 5.91 Å². The number of likely N-dealkylation sites (N-methyl/N-ethyl adjacent to an activating group) is 1. The molecule has 1 amide bonds. The highest BCUT2D eigenvalue weighted by molar-refractivity contribution is 7.89. The number of para-hydroxylation sites is 2. The van der Waals surface area contributed by atoms with E-state index in [0.717, 1.165) is 16.9 Å². The van der Waals surface area contributed by atoms with Gasteiger partial charge in [-0.15, -0.1) is 11.3 Å². The third-order valence-electron chi connectivity index (χ3n) is 5.93. The van der Waals surface area contributed by atoms with Gasteiger partial charge in [-0.1, -0.05) is 36.4 Å². The van der Waals surface area contributed by atoms with E-state index >= 15 is 0 Å². The predicted molar refractivity (Wildman–Crippen MR) is 125 cm³/mol. The Kier molecular flexibility index (Phi) is 5.86. The first-order valence-corrected chi connectivity index (χ1v) is 13.0. The van der Waals surface area contributed by atoms with E-state index in [4.69, 9.17) is 9.47 Å². The molecule has 0 aliphatic carbocycles. The fraction of sp³-hybridized carbons (Fsp3) is 0.292. The first kappa shape index (κ1) is 21.9. The number of thiophene rings is 1. The first-order chi connectivity index (χ1) is 15.9. The normalized spacial score (nSPS) is 17.9. The quantitative estimate of drug-likeness (QED) is 0.555. The van der Waals surface area contributed by atoms with E-state index in [1.165, 1.54) is 20.8 Å². The van der Waals surface area contributed by atoms with Gasteiger partial charge in [0.1, 0.15) is 16.4 Å². The Labute approximate surface area is 197 Å². The van der Waals surface area contributed by atoms with Gasteiger partial charge in [0, 0.05) is 20.1 Å². The van der Waals surface area contributed by atoms with Crippen molar-refractivity contribution >= 4 is 27.3 Å². The van der Waals surface area contributed by atoms with Crippen LogP contribution in [0.4, 0.5) is 0 Å². The molecule has 3 heterocycles. The van der Waals surface area contributed by atoms with Crippen molar-refractivity contribution < 1.29 is 22.7 Å². The van der Waals surface area contributed by atoms with Crippen molar-refractivity contribution in [1.82, 2.24) is 9.21 Å². The van der Waals surface area contributed by atoms with E-state index in [1.807, 2.05) is 48.5 Å². The van der Waals surface area contributed by atoms with Gasteiger partial charge < -0.3 is 14.4 Å². The second-order valence-electron chi connectivity index (χ2n) is 8.15. The lowest BCUT2D eigenvalue weighted by Gasteiger charge is -2.30. The van der Waals surface area contributed by atoms with E-state index < -0.39 is 10.0 Å². The van der Waals surface area contributed by atoms with Crippen LogP contribution < -0.4 is 9.47 Å². The molecule has 172 valence electrons. The van der Waals surface area contributed by atoms with Gasteiger partial charge in [-0.25, -0.2) is 8.42 Å². The molecule has 3 aromatic rings. The molecule has 0 radical (unpaired) electrons. The monoisotopic (exact) mass is 484 g/mol. The van der Waals surface area contributed by atoms with E-state index in [-0.39, 0.29) is 28.3 Å². The van der Waals surface area contributed by atoms with E-state index in [1.54, 1.807) is 12.4 Å². The Balaban J connectivity index is 1.31. The molecule has 9 heteroatoms. The average Bonchev–Trinajstić information content (AvgIpc) is 3.34. The summed E-state index contributed by atoms with van der Waals surface area (Å²) < 4.78 is 40.0. The molecule has 0 N–H and O–H groups in total. The molecule has 0 saturated heterocycles. The van der Waals surface area contributed by atoms with Crippen molar-refractivity contribution in [3.05, 3.63) is 76.0 Å². The molecule has 1 aromatic heterocycles. The highest BCUT2D eigenvalue weighted by atomic mass is 32.2. The molecule has 33 heavy (non-hydrogen) atoms. The second kappa shape index (κ2) is 8.81. The van der Waals surface area contributed by atoms with Gasteiger partial charge in [0.2, 0.25) is 10.0 Å². The fourth-order valence-corrected chi connectivity index (χ4v) is 6.99. The molecule has 0 spiro atoms. The van der Waals surface area contributed by atoms with Crippen molar-refractivity contribution in [2.24, 2.45) is 0 Å². The molecule has 0 bridgehead atoms. The topological polar surface area (TPSA) is 76.1 Å². The lowest BCUT2D eigenvalue weighted by Crippen LogP contribution is -2.42. The zero-order valence-electron chi connectivity index (χ0n) is 18.1. The number of rotatable bonds is 5. The molecular formula is C24H24N2O5S2. The summed E-state index contributed by atoms with van der Waals surface area (Å²) in [4.78, 5) is 15.0. The van der Waals surface area contributed by atoms with Crippen LogP contribution >= 0.6 is 11.3 Å². The van der Waals surface area contributed by atoms with Gasteiger partial charge in [0.05, 0.1) is 6.54 Å². The number of amides is 1. The Morgan fingerprint density at radius 3 is 2.64 bits per heavy atom. The first-order valence-electron chi connectivity index (χ1n) is 10.7. The Bertz CT molecular complexity index is 1290. The maximum atomic E-state index is 13.5. The van der Waals surface area contributed by atoms with E-state index in [2.05, 4.69) is 0 Å². The molecule has 1 unspecified atom stereocenters. The van der Waals surface area contributed by atoms with Crippen LogP contribution in [0, 0.1) is 0 Å². The zero-order chi connectivity index (χ0) is 23.0. The van der Waals surface area contributed by atoms with Crippen molar-refractivity contribution in [2.45, 2.75) is 24.0 Å².